The highest BCUT2D eigenvalue weighted by Gasteiger charge is 2.04. The van der Waals surface area contributed by atoms with E-state index in [1.807, 2.05) is 19.1 Å². The number of terminal acetylenes is 1. The summed E-state index contributed by atoms with van der Waals surface area (Å²) in [4.78, 5) is 4.44. The molecule has 0 radical (unpaired) electrons. The van der Waals surface area contributed by atoms with Crippen molar-refractivity contribution in [3.05, 3.63) is 23.5 Å². The van der Waals surface area contributed by atoms with E-state index in [-0.39, 0.29) is 6.61 Å². The van der Waals surface area contributed by atoms with Crippen LogP contribution in [-0.4, -0.2) is 18.1 Å². The van der Waals surface area contributed by atoms with Gasteiger partial charge in [-0.25, -0.2) is 0 Å². The fraction of sp³-hybridized carbons (Fsp3) is 0.462. The Kier molecular flexibility index (Phi) is 5.38. The SMILES string of the molecule is C#CCOc1ccc(C)nc1CNCCC. The topological polar surface area (TPSA) is 34.1 Å². The summed E-state index contributed by atoms with van der Waals surface area (Å²) in [7, 11) is 0. The second-order valence-corrected chi connectivity index (χ2v) is 3.57. The van der Waals surface area contributed by atoms with Gasteiger partial charge < -0.3 is 10.1 Å². The summed E-state index contributed by atoms with van der Waals surface area (Å²) in [6, 6.07) is 3.85. The lowest BCUT2D eigenvalue weighted by Gasteiger charge is -2.10. The number of nitrogens with one attached hydrogen (secondary N) is 1. The first-order valence-electron chi connectivity index (χ1n) is 5.51. The summed E-state index contributed by atoms with van der Waals surface area (Å²) >= 11 is 0. The molecular weight excluding hydrogens is 200 g/mol. The molecule has 1 aromatic rings. The largest absolute Gasteiger partial charge is 0.479 e. The third-order valence-electron chi connectivity index (χ3n) is 2.10. The molecule has 1 aromatic heterocycles. The van der Waals surface area contributed by atoms with Crippen LogP contribution < -0.4 is 10.1 Å². The number of rotatable bonds is 6. The van der Waals surface area contributed by atoms with E-state index in [0.29, 0.717) is 0 Å². The van der Waals surface area contributed by atoms with Crippen LogP contribution >= 0.6 is 0 Å². The Morgan fingerprint density at radius 1 is 1.50 bits per heavy atom. The van der Waals surface area contributed by atoms with E-state index in [4.69, 9.17) is 11.2 Å². The number of aromatic nitrogens is 1. The summed E-state index contributed by atoms with van der Waals surface area (Å²) in [5.41, 5.74) is 1.91. The monoisotopic (exact) mass is 218 g/mol. The predicted molar refractivity (Wildman–Crippen MR) is 65.3 cm³/mol. The molecule has 0 spiro atoms. The minimum absolute atomic E-state index is 0.283. The summed E-state index contributed by atoms with van der Waals surface area (Å²) < 4.78 is 5.43. The van der Waals surface area contributed by atoms with Crippen molar-refractivity contribution in [1.82, 2.24) is 10.3 Å². The molecule has 1 N–H and O–H groups in total. The van der Waals surface area contributed by atoms with Crippen molar-refractivity contribution in [3.8, 4) is 18.1 Å². The van der Waals surface area contributed by atoms with Gasteiger partial charge in [-0.15, -0.1) is 6.42 Å². The molecule has 0 bridgehead atoms. The van der Waals surface area contributed by atoms with Gasteiger partial charge in [0.15, 0.2) is 0 Å². The Bertz CT molecular complexity index is 369. The molecule has 0 saturated carbocycles. The average molecular weight is 218 g/mol. The lowest BCUT2D eigenvalue weighted by atomic mass is 10.2. The second-order valence-electron chi connectivity index (χ2n) is 3.57. The zero-order valence-corrected chi connectivity index (χ0v) is 9.92. The first kappa shape index (κ1) is 12.5. The zero-order chi connectivity index (χ0) is 11.8. The fourth-order valence-electron chi connectivity index (χ4n) is 1.36. The molecule has 0 atom stereocenters. The Labute approximate surface area is 97.2 Å². The number of ether oxygens (including phenoxy) is 1. The van der Waals surface area contributed by atoms with E-state index in [9.17, 15) is 0 Å². The quantitative estimate of drug-likeness (QED) is 0.585. The molecule has 0 aliphatic heterocycles. The number of aryl methyl sites for hydroxylation is 1. The maximum Gasteiger partial charge on any atom is 0.148 e. The molecule has 0 unspecified atom stereocenters. The minimum atomic E-state index is 0.283. The molecule has 0 aliphatic carbocycles. The van der Waals surface area contributed by atoms with Crippen molar-refractivity contribution in [2.45, 2.75) is 26.8 Å². The molecule has 0 amide bonds. The van der Waals surface area contributed by atoms with Crippen LogP contribution in [0.4, 0.5) is 0 Å². The summed E-state index contributed by atoms with van der Waals surface area (Å²) in [6.45, 7) is 6.08. The van der Waals surface area contributed by atoms with Crippen molar-refractivity contribution in [3.63, 3.8) is 0 Å². The van der Waals surface area contributed by atoms with Crippen molar-refractivity contribution < 1.29 is 4.74 Å². The van der Waals surface area contributed by atoms with Gasteiger partial charge in [-0.1, -0.05) is 12.8 Å². The first-order valence-corrected chi connectivity index (χ1v) is 5.51. The van der Waals surface area contributed by atoms with E-state index < -0.39 is 0 Å². The van der Waals surface area contributed by atoms with Gasteiger partial charge in [-0.3, -0.25) is 4.98 Å². The van der Waals surface area contributed by atoms with Crippen LogP contribution in [0, 0.1) is 19.3 Å². The minimum Gasteiger partial charge on any atom is -0.479 e. The summed E-state index contributed by atoms with van der Waals surface area (Å²) in [5.74, 6) is 3.23. The highest BCUT2D eigenvalue weighted by atomic mass is 16.5. The van der Waals surface area contributed by atoms with E-state index in [1.165, 1.54) is 0 Å². The fourth-order valence-corrected chi connectivity index (χ4v) is 1.36. The van der Waals surface area contributed by atoms with Crippen LogP contribution in [0.15, 0.2) is 12.1 Å². The standard InChI is InChI=1S/C13H18N2O/c1-4-8-14-10-12-13(16-9-5-2)7-6-11(3)15-12/h2,6-7,14H,4,8-10H2,1,3H3. The Morgan fingerprint density at radius 3 is 3.00 bits per heavy atom. The van der Waals surface area contributed by atoms with Crippen LogP contribution in [0.2, 0.25) is 0 Å². The third kappa shape index (κ3) is 3.92. The van der Waals surface area contributed by atoms with Gasteiger partial charge >= 0.3 is 0 Å². The van der Waals surface area contributed by atoms with Crippen molar-refractivity contribution >= 4 is 0 Å². The van der Waals surface area contributed by atoms with Gasteiger partial charge in [0.05, 0.1) is 5.69 Å². The molecule has 86 valence electrons. The normalized spacial score (nSPS) is 9.81. The molecule has 3 heteroatoms. The zero-order valence-electron chi connectivity index (χ0n) is 9.92. The number of hydrogen-bond donors (Lipinski definition) is 1. The van der Waals surface area contributed by atoms with E-state index >= 15 is 0 Å². The van der Waals surface area contributed by atoms with Gasteiger partial charge in [0, 0.05) is 12.2 Å². The van der Waals surface area contributed by atoms with E-state index in [2.05, 4.69) is 23.1 Å². The Morgan fingerprint density at radius 2 is 2.31 bits per heavy atom. The molecule has 0 fully saturated rings. The van der Waals surface area contributed by atoms with Gasteiger partial charge in [-0.2, -0.15) is 0 Å². The maximum atomic E-state index is 5.43. The van der Waals surface area contributed by atoms with Crippen LogP contribution in [-0.2, 0) is 6.54 Å². The average Bonchev–Trinajstić information content (AvgIpc) is 2.28. The molecule has 0 aromatic carbocycles. The molecule has 0 aliphatic rings. The van der Waals surface area contributed by atoms with Crippen LogP contribution in [0.5, 0.6) is 5.75 Å². The maximum absolute atomic E-state index is 5.43. The Hall–Kier alpha value is -1.53. The molecule has 1 rings (SSSR count). The van der Waals surface area contributed by atoms with Gasteiger partial charge in [0.2, 0.25) is 0 Å². The molecule has 0 saturated heterocycles. The Balaban J connectivity index is 2.69. The lowest BCUT2D eigenvalue weighted by Crippen LogP contribution is -2.16. The van der Waals surface area contributed by atoms with Crippen LogP contribution in [0.3, 0.4) is 0 Å². The summed E-state index contributed by atoms with van der Waals surface area (Å²) in [5, 5.41) is 3.30. The summed E-state index contributed by atoms with van der Waals surface area (Å²) in [6.07, 6.45) is 6.27. The van der Waals surface area contributed by atoms with Crippen molar-refractivity contribution in [1.29, 1.82) is 0 Å². The lowest BCUT2D eigenvalue weighted by molar-refractivity contribution is 0.362. The van der Waals surface area contributed by atoms with Gasteiger partial charge in [0.1, 0.15) is 12.4 Å². The van der Waals surface area contributed by atoms with Gasteiger partial charge in [-0.05, 0) is 32.0 Å². The molecule has 16 heavy (non-hydrogen) atoms. The second kappa shape index (κ2) is 6.86. The third-order valence-corrected chi connectivity index (χ3v) is 2.10. The van der Waals surface area contributed by atoms with Gasteiger partial charge in [0.25, 0.3) is 0 Å². The van der Waals surface area contributed by atoms with Crippen molar-refractivity contribution in [2.75, 3.05) is 13.2 Å². The molecule has 3 nitrogen and oxygen atoms in total. The number of nitrogens with zero attached hydrogens (tertiary/aromatic N) is 1. The van der Waals surface area contributed by atoms with Crippen LogP contribution in [0.1, 0.15) is 24.7 Å². The smallest absolute Gasteiger partial charge is 0.148 e. The highest BCUT2D eigenvalue weighted by Crippen LogP contribution is 2.16. The number of hydrogen-bond acceptors (Lipinski definition) is 3. The van der Waals surface area contributed by atoms with E-state index in [1.54, 1.807) is 0 Å². The highest BCUT2D eigenvalue weighted by molar-refractivity contribution is 5.29. The molecule has 1 heterocycles. The predicted octanol–water partition coefficient (Wildman–Crippen LogP) is 1.90. The number of pyridine rings is 1. The van der Waals surface area contributed by atoms with Crippen molar-refractivity contribution in [2.24, 2.45) is 0 Å². The van der Waals surface area contributed by atoms with Crippen LogP contribution in [0.25, 0.3) is 0 Å². The van der Waals surface area contributed by atoms with E-state index in [0.717, 1.165) is 36.6 Å². The first-order chi connectivity index (χ1) is 7.77. The molecular formula is C13H18N2O.